The van der Waals surface area contributed by atoms with Crippen LogP contribution in [0.3, 0.4) is 0 Å². The number of benzene rings is 1. The SMILES string of the molecule is CCOC(=O)C1(OC(=O)Cc2cc(Br)ccc2C)CCCC1. The third-order valence-electron chi connectivity index (χ3n) is 4.01. The molecule has 0 amide bonds. The molecule has 0 aromatic heterocycles. The van der Waals surface area contributed by atoms with Crippen LogP contribution in [0.2, 0.25) is 0 Å². The van der Waals surface area contributed by atoms with E-state index >= 15 is 0 Å². The first-order valence-electron chi connectivity index (χ1n) is 7.61. The molecule has 0 bridgehead atoms. The minimum atomic E-state index is -1.08. The third-order valence-corrected chi connectivity index (χ3v) is 4.51. The summed E-state index contributed by atoms with van der Waals surface area (Å²) < 4.78 is 11.6. The van der Waals surface area contributed by atoms with Gasteiger partial charge in [-0.05, 0) is 62.8 Å². The van der Waals surface area contributed by atoms with Crippen LogP contribution in [-0.4, -0.2) is 24.1 Å². The molecule has 1 aromatic rings. The maximum Gasteiger partial charge on any atom is 0.350 e. The quantitative estimate of drug-likeness (QED) is 0.743. The van der Waals surface area contributed by atoms with Crippen molar-refractivity contribution in [3.05, 3.63) is 33.8 Å². The molecule has 0 N–H and O–H groups in total. The number of ether oxygens (including phenoxy) is 2. The van der Waals surface area contributed by atoms with E-state index in [4.69, 9.17) is 9.47 Å². The molecule has 1 aromatic carbocycles. The van der Waals surface area contributed by atoms with Crippen LogP contribution in [0.4, 0.5) is 0 Å². The molecular formula is C17H21BrO4. The number of esters is 2. The number of halogens is 1. The molecule has 0 heterocycles. The fourth-order valence-corrected chi connectivity index (χ4v) is 3.21. The van der Waals surface area contributed by atoms with Crippen molar-refractivity contribution in [2.45, 2.75) is 51.6 Å². The van der Waals surface area contributed by atoms with Crippen molar-refractivity contribution < 1.29 is 19.1 Å². The van der Waals surface area contributed by atoms with E-state index < -0.39 is 11.6 Å². The smallest absolute Gasteiger partial charge is 0.350 e. The van der Waals surface area contributed by atoms with E-state index in [2.05, 4.69) is 15.9 Å². The van der Waals surface area contributed by atoms with Gasteiger partial charge in [0.15, 0.2) is 0 Å². The highest BCUT2D eigenvalue weighted by Crippen LogP contribution is 2.35. The lowest BCUT2D eigenvalue weighted by Gasteiger charge is -2.26. The number of rotatable bonds is 5. The fraction of sp³-hybridized carbons (Fsp3) is 0.529. The first-order valence-corrected chi connectivity index (χ1v) is 8.40. The lowest BCUT2D eigenvalue weighted by Crippen LogP contribution is -2.42. The van der Waals surface area contributed by atoms with E-state index in [9.17, 15) is 9.59 Å². The summed E-state index contributed by atoms with van der Waals surface area (Å²) in [4.78, 5) is 24.5. The minimum Gasteiger partial charge on any atom is -0.463 e. The fourth-order valence-electron chi connectivity index (χ4n) is 2.80. The van der Waals surface area contributed by atoms with Crippen molar-refractivity contribution in [3.63, 3.8) is 0 Å². The van der Waals surface area contributed by atoms with Gasteiger partial charge in [0.1, 0.15) is 0 Å². The van der Waals surface area contributed by atoms with Crippen LogP contribution >= 0.6 is 15.9 Å². The van der Waals surface area contributed by atoms with E-state index in [1.807, 2.05) is 25.1 Å². The number of carbonyl (C=O) groups excluding carboxylic acids is 2. The van der Waals surface area contributed by atoms with Crippen LogP contribution in [0, 0.1) is 6.92 Å². The highest BCUT2D eigenvalue weighted by atomic mass is 79.9. The standard InChI is InChI=1S/C17H21BrO4/c1-3-21-16(20)17(8-4-5-9-17)22-15(19)11-13-10-14(18)7-6-12(13)2/h6-7,10H,3-5,8-9,11H2,1-2H3. The van der Waals surface area contributed by atoms with Crippen molar-refractivity contribution in [2.24, 2.45) is 0 Å². The zero-order chi connectivity index (χ0) is 16.2. The summed E-state index contributed by atoms with van der Waals surface area (Å²) >= 11 is 3.40. The summed E-state index contributed by atoms with van der Waals surface area (Å²) in [5.74, 6) is -0.789. The molecule has 0 spiro atoms. The number of carbonyl (C=O) groups is 2. The first-order chi connectivity index (χ1) is 10.5. The molecular weight excluding hydrogens is 348 g/mol. The summed E-state index contributed by atoms with van der Waals surface area (Å²) in [5, 5.41) is 0. The maximum absolute atomic E-state index is 12.3. The molecule has 0 radical (unpaired) electrons. The topological polar surface area (TPSA) is 52.6 Å². The Bertz CT molecular complexity index is 562. The van der Waals surface area contributed by atoms with Gasteiger partial charge in [0, 0.05) is 4.47 Å². The second-order valence-corrected chi connectivity index (χ2v) is 6.56. The molecule has 5 heteroatoms. The van der Waals surface area contributed by atoms with E-state index in [0.717, 1.165) is 28.4 Å². The second-order valence-electron chi connectivity index (χ2n) is 5.64. The van der Waals surface area contributed by atoms with E-state index in [0.29, 0.717) is 19.4 Å². The summed E-state index contributed by atoms with van der Waals surface area (Å²) in [5.41, 5.74) is 0.848. The van der Waals surface area contributed by atoms with Crippen LogP contribution < -0.4 is 0 Å². The van der Waals surface area contributed by atoms with Crippen LogP contribution in [0.25, 0.3) is 0 Å². The number of hydrogen-bond acceptors (Lipinski definition) is 4. The van der Waals surface area contributed by atoms with E-state index in [1.54, 1.807) is 6.92 Å². The van der Waals surface area contributed by atoms with Gasteiger partial charge in [-0.15, -0.1) is 0 Å². The van der Waals surface area contributed by atoms with Gasteiger partial charge in [0.25, 0.3) is 0 Å². The minimum absolute atomic E-state index is 0.159. The number of aryl methyl sites for hydroxylation is 1. The average Bonchev–Trinajstić information content (AvgIpc) is 2.93. The molecule has 1 saturated carbocycles. The maximum atomic E-state index is 12.3. The van der Waals surface area contributed by atoms with Gasteiger partial charge in [-0.25, -0.2) is 4.79 Å². The zero-order valence-electron chi connectivity index (χ0n) is 13.0. The molecule has 0 saturated heterocycles. The van der Waals surface area contributed by atoms with Gasteiger partial charge in [-0.1, -0.05) is 22.0 Å². The van der Waals surface area contributed by atoms with Crippen molar-refractivity contribution in [1.82, 2.24) is 0 Å². The molecule has 2 rings (SSSR count). The zero-order valence-corrected chi connectivity index (χ0v) is 14.6. The molecule has 0 unspecified atom stereocenters. The van der Waals surface area contributed by atoms with Crippen LogP contribution in [0.1, 0.15) is 43.7 Å². The van der Waals surface area contributed by atoms with Crippen molar-refractivity contribution in [1.29, 1.82) is 0 Å². The predicted octanol–water partition coefficient (Wildman–Crippen LogP) is 3.72. The van der Waals surface area contributed by atoms with Gasteiger partial charge < -0.3 is 9.47 Å². The van der Waals surface area contributed by atoms with Crippen molar-refractivity contribution in [3.8, 4) is 0 Å². The average molecular weight is 369 g/mol. The summed E-state index contributed by atoms with van der Waals surface area (Å²) in [6.07, 6.45) is 3.01. The third kappa shape index (κ3) is 3.88. The van der Waals surface area contributed by atoms with Gasteiger partial charge in [0.05, 0.1) is 13.0 Å². The van der Waals surface area contributed by atoms with Crippen molar-refractivity contribution in [2.75, 3.05) is 6.61 Å². The molecule has 4 nitrogen and oxygen atoms in total. The highest BCUT2D eigenvalue weighted by Gasteiger charge is 2.46. The Labute approximate surface area is 139 Å². The monoisotopic (exact) mass is 368 g/mol. The summed E-state index contributed by atoms with van der Waals surface area (Å²) in [7, 11) is 0. The number of hydrogen-bond donors (Lipinski definition) is 0. The van der Waals surface area contributed by atoms with Crippen LogP contribution in [-0.2, 0) is 25.5 Å². The lowest BCUT2D eigenvalue weighted by atomic mass is 10.0. The molecule has 22 heavy (non-hydrogen) atoms. The largest absolute Gasteiger partial charge is 0.463 e. The molecule has 1 aliphatic rings. The summed E-state index contributed by atoms with van der Waals surface area (Å²) in [6, 6.07) is 5.78. The first kappa shape index (κ1) is 17.0. The Kier molecular flexibility index (Phi) is 5.62. The highest BCUT2D eigenvalue weighted by molar-refractivity contribution is 9.10. The van der Waals surface area contributed by atoms with Crippen molar-refractivity contribution >= 4 is 27.9 Å². The van der Waals surface area contributed by atoms with Gasteiger partial charge in [0.2, 0.25) is 5.60 Å². The van der Waals surface area contributed by atoms with Crippen LogP contribution in [0.5, 0.6) is 0 Å². The predicted molar refractivity (Wildman–Crippen MR) is 86.5 cm³/mol. The molecule has 1 aliphatic carbocycles. The molecule has 0 atom stereocenters. The molecule has 1 fully saturated rings. The molecule has 0 aliphatic heterocycles. The normalized spacial score (nSPS) is 16.3. The Hall–Kier alpha value is -1.36. The van der Waals surface area contributed by atoms with Gasteiger partial charge in [-0.3, -0.25) is 4.79 Å². The lowest BCUT2D eigenvalue weighted by molar-refractivity contribution is -0.181. The Morgan fingerprint density at radius 1 is 1.27 bits per heavy atom. The Morgan fingerprint density at radius 3 is 2.59 bits per heavy atom. The van der Waals surface area contributed by atoms with Gasteiger partial charge >= 0.3 is 11.9 Å². The summed E-state index contributed by atoms with van der Waals surface area (Å²) in [6.45, 7) is 4.00. The van der Waals surface area contributed by atoms with E-state index in [1.165, 1.54) is 0 Å². The van der Waals surface area contributed by atoms with Gasteiger partial charge in [-0.2, -0.15) is 0 Å². The van der Waals surface area contributed by atoms with Crippen LogP contribution in [0.15, 0.2) is 22.7 Å². The second kappa shape index (κ2) is 7.27. The Balaban J connectivity index is 2.09. The van der Waals surface area contributed by atoms with E-state index in [-0.39, 0.29) is 12.4 Å². The Morgan fingerprint density at radius 2 is 1.95 bits per heavy atom. The molecule has 120 valence electrons.